The predicted octanol–water partition coefficient (Wildman–Crippen LogP) is 4.27. The Labute approximate surface area is 151 Å². The Hall–Kier alpha value is -2.51. The largest absolute Gasteiger partial charge is 0.448 e. The zero-order valence-corrected chi connectivity index (χ0v) is 14.5. The molecule has 0 radical (unpaired) electrons. The maximum Gasteiger partial charge on any atom is 0.349 e. The number of anilines is 1. The third kappa shape index (κ3) is 4.12. The van der Waals surface area contributed by atoms with Crippen LogP contribution in [0.15, 0.2) is 42.6 Å². The minimum absolute atomic E-state index is 0.296. The summed E-state index contributed by atoms with van der Waals surface area (Å²) in [7, 11) is 0. The molecule has 25 heavy (non-hydrogen) atoms. The summed E-state index contributed by atoms with van der Waals surface area (Å²) >= 11 is 6.90. The van der Waals surface area contributed by atoms with Gasteiger partial charge in [0.05, 0.1) is 5.02 Å². The van der Waals surface area contributed by atoms with Crippen molar-refractivity contribution in [2.75, 3.05) is 5.32 Å². The van der Waals surface area contributed by atoms with Crippen molar-refractivity contribution in [1.29, 1.82) is 0 Å². The molecular formula is C17H12ClFN2O3S. The normalized spacial score (nSPS) is 12.0. The SMILES string of the molecule is C[C@@H](OC(=O)c1cc2cc(F)ccc2s1)C(=O)Nc1ccc(Cl)cn1. The summed E-state index contributed by atoms with van der Waals surface area (Å²) in [5.74, 6) is -1.24. The van der Waals surface area contributed by atoms with Crippen LogP contribution in [0.3, 0.4) is 0 Å². The highest BCUT2D eigenvalue weighted by atomic mass is 35.5. The number of esters is 1. The molecule has 128 valence electrons. The lowest BCUT2D eigenvalue weighted by Crippen LogP contribution is -2.30. The summed E-state index contributed by atoms with van der Waals surface area (Å²) in [6, 6.07) is 8.91. The molecule has 0 fully saturated rings. The van der Waals surface area contributed by atoms with Gasteiger partial charge < -0.3 is 10.1 Å². The summed E-state index contributed by atoms with van der Waals surface area (Å²) < 4.78 is 19.1. The lowest BCUT2D eigenvalue weighted by molar-refractivity contribution is -0.123. The summed E-state index contributed by atoms with van der Waals surface area (Å²) in [4.78, 5) is 28.5. The molecular weight excluding hydrogens is 367 g/mol. The number of nitrogens with zero attached hydrogens (tertiary/aromatic N) is 1. The van der Waals surface area contributed by atoms with E-state index in [2.05, 4.69) is 10.3 Å². The van der Waals surface area contributed by atoms with Gasteiger partial charge in [0.2, 0.25) is 0 Å². The minimum Gasteiger partial charge on any atom is -0.448 e. The molecule has 0 spiro atoms. The summed E-state index contributed by atoms with van der Waals surface area (Å²) in [6.45, 7) is 1.45. The van der Waals surface area contributed by atoms with E-state index in [4.69, 9.17) is 16.3 Å². The van der Waals surface area contributed by atoms with Gasteiger partial charge in [0, 0.05) is 10.9 Å². The van der Waals surface area contributed by atoms with Crippen LogP contribution in [-0.2, 0) is 9.53 Å². The molecule has 2 heterocycles. The van der Waals surface area contributed by atoms with Gasteiger partial charge in [-0.3, -0.25) is 4.79 Å². The van der Waals surface area contributed by atoms with Crippen LogP contribution in [0.5, 0.6) is 0 Å². The number of benzene rings is 1. The van der Waals surface area contributed by atoms with E-state index in [1.165, 1.54) is 48.7 Å². The number of halogens is 2. The van der Waals surface area contributed by atoms with Gasteiger partial charge in [0.15, 0.2) is 6.10 Å². The number of amides is 1. The molecule has 0 bridgehead atoms. The number of pyridine rings is 1. The number of fused-ring (bicyclic) bond motifs is 1. The van der Waals surface area contributed by atoms with Gasteiger partial charge in [-0.25, -0.2) is 14.2 Å². The van der Waals surface area contributed by atoms with E-state index < -0.39 is 18.0 Å². The predicted molar refractivity (Wildman–Crippen MR) is 94.5 cm³/mol. The standard InChI is InChI=1S/C17H12ClFN2O3S/c1-9(16(22)21-15-5-2-11(18)8-20-15)24-17(23)14-7-10-6-12(19)3-4-13(10)25-14/h2-9H,1H3,(H,20,21,22)/t9-/m1/s1. The fourth-order valence-electron chi connectivity index (χ4n) is 2.06. The Balaban J connectivity index is 1.66. The molecule has 0 aliphatic heterocycles. The van der Waals surface area contributed by atoms with Crippen molar-refractivity contribution >= 4 is 50.7 Å². The van der Waals surface area contributed by atoms with Crippen molar-refractivity contribution in [3.8, 4) is 0 Å². The first-order valence-electron chi connectivity index (χ1n) is 7.25. The first kappa shape index (κ1) is 17.3. The van der Waals surface area contributed by atoms with Gasteiger partial charge in [-0.05, 0) is 48.7 Å². The number of hydrogen-bond acceptors (Lipinski definition) is 5. The molecule has 0 saturated heterocycles. The number of hydrogen-bond donors (Lipinski definition) is 1. The third-order valence-electron chi connectivity index (χ3n) is 3.31. The number of ether oxygens (including phenoxy) is 1. The Bertz CT molecular complexity index is 943. The highest BCUT2D eigenvalue weighted by molar-refractivity contribution is 7.20. The zero-order valence-electron chi connectivity index (χ0n) is 13.0. The Morgan fingerprint density at radius 1 is 1.28 bits per heavy atom. The van der Waals surface area contributed by atoms with Crippen LogP contribution in [0.1, 0.15) is 16.6 Å². The second kappa shape index (κ2) is 7.16. The maximum atomic E-state index is 13.2. The summed E-state index contributed by atoms with van der Waals surface area (Å²) in [5.41, 5.74) is 0. The fourth-order valence-corrected chi connectivity index (χ4v) is 3.10. The Morgan fingerprint density at radius 3 is 2.80 bits per heavy atom. The van der Waals surface area contributed by atoms with E-state index in [0.29, 0.717) is 21.1 Å². The molecule has 0 aliphatic rings. The van der Waals surface area contributed by atoms with E-state index in [1.54, 1.807) is 12.1 Å². The lowest BCUT2D eigenvalue weighted by Gasteiger charge is -2.12. The highest BCUT2D eigenvalue weighted by Gasteiger charge is 2.21. The molecule has 3 rings (SSSR count). The van der Waals surface area contributed by atoms with E-state index in [9.17, 15) is 14.0 Å². The molecule has 1 aromatic carbocycles. The fraction of sp³-hybridized carbons (Fsp3) is 0.118. The third-order valence-corrected chi connectivity index (χ3v) is 4.63. The Kier molecular flexibility index (Phi) is 4.96. The number of carbonyl (C=O) groups excluding carboxylic acids is 2. The van der Waals surface area contributed by atoms with Crippen LogP contribution in [-0.4, -0.2) is 23.0 Å². The van der Waals surface area contributed by atoms with Crippen LogP contribution in [0.25, 0.3) is 10.1 Å². The number of nitrogens with one attached hydrogen (secondary N) is 1. The Morgan fingerprint density at radius 2 is 2.08 bits per heavy atom. The molecule has 1 amide bonds. The van der Waals surface area contributed by atoms with Crippen molar-refractivity contribution in [2.24, 2.45) is 0 Å². The second-order valence-electron chi connectivity index (χ2n) is 5.19. The number of aromatic nitrogens is 1. The molecule has 0 saturated carbocycles. The van der Waals surface area contributed by atoms with Gasteiger partial charge in [0.1, 0.15) is 16.5 Å². The van der Waals surface area contributed by atoms with Crippen LogP contribution in [0.4, 0.5) is 10.2 Å². The lowest BCUT2D eigenvalue weighted by atomic mass is 10.2. The van der Waals surface area contributed by atoms with Crippen molar-refractivity contribution in [3.05, 3.63) is 58.3 Å². The van der Waals surface area contributed by atoms with Crippen LogP contribution in [0, 0.1) is 5.82 Å². The van der Waals surface area contributed by atoms with E-state index >= 15 is 0 Å². The first-order chi connectivity index (χ1) is 11.9. The average molecular weight is 379 g/mol. The summed E-state index contributed by atoms with van der Waals surface area (Å²) in [5, 5.41) is 3.58. The van der Waals surface area contributed by atoms with Crippen molar-refractivity contribution < 1.29 is 18.7 Å². The maximum absolute atomic E-state index is 13.2. The molecule has 1 N–H and O–H groups in total. The van der Waals surface area contributed by atoms with Gasteiger partial charge in [-0.15, -0.1) is 11.3 Å². The molecule has 1 atom stereocenters. The topological polar surface area (TPSA) is 68.3 Å². The van der Waals surface area contributed by atoms with Gasteiger partial charge in [-0.1, -0.05) is 11.6 Å². The van der Waals surface area contributed by atoms with Crippen molar-refractivity contribution in [1.82, 2.24) is 4.98 Å². The average Bonchev–Trinajstić information content (AvgIpc) is 3.00. The molecule has 0 aliphatic carbocycles. The molecule has 3 aromatic rings. The number of thiophene rings is 1. The van der Waals surface area contributed by atoms with Crippen LogP contribution in [0.2, 0.25) is 5.02 Å². The van der Waals surface area contributed by atoms with Crippen LogP contribution < -0.4 is 5.32 Å². The molecule has 8 heteroatoms. The van der Waals surface area contributed by atoms with Crippen LogP contribution >= 0.6 is 22.9 Å². The van der Waals surface area contributed by atoms with E-state index in [1.807, 2.05) is 0 Å². The second-order valence-corrected chi connectivity index (χ2v) is 6.71. The monoisotopic (exact) mass is 378 g/mol. The highest BCUT2D eigenvalue weighted by Crippen LogP contribution is 2.27. The first-order valence-corrected chi connectivity index (χ1v) is 8.44. The molecule has 0 unspecified atom stereocenters. The molecule has 5 nitrogen and oxygen atoms in total. The quantitative estimate of drug-likeness (QED) is 0.688. The van der Waals surface area contributed by atoms with Crippen molar-refractivity contribution in [3.63, 3.8) is 0 Å². The van der Waals surface area contributed by atoms with Crippen molar-refractivity contribution in [2.45, 2.75) is 13.0 Å². The minimum atomic E-state index is -1.02. The smallest absolute Gasteiger partial charge is 0.349 e. The molecule has 2 aromatic heterocycles. The van der Waals surface area contributed by atoms with Gasteiger partial charge in [-0.2, -0.15) is 0 Å². The van der Waals surface area contributed by atoms with Gasteiger partial charge >= 0.3 is 5.97 Å². The van der Waals surface area contributed by atoms with Gasteiger partial charge in [0.25, 0.3) is 5.91 Å². The van der Waals surface area contributed by atoms with E-state index in [-0.39, 0.29) is 5.82 Å². The number of carbonyl (C=O) groups is 2. The van der Waals surface area contributed by atoms with E-state index in [0.717, 1.165) is 4.70 Å². The number of rotatable bonds is 4. The summed E-state index contributed by atoms with van der Waals surface area (Å²) in [6.07, 6.45) is 0.372. The zero-order chi connectivity index (χ0) is 18.0.